The summed E-state index contributed by atoms with van der Waals surface area (Å²) in [5.74, 6) is 0.869. The average molecular weight is 499 g/mol. The van der Waals surface area contributed by atoms with Gasteiger partial charge in [-0.05, 0) is 30.5 Å². The van der Waals surface area contributed by atoms with E-state index in [0.717, 1.165) is 31.6 Å². The van der Waals surface area contributed by atoms with Crippen LogP contribution in [0.4, 0.5) is 13.2 Å². The smallest absolute Gasteiger partial charge is 0.422 e. The van der Waals surface area contributed by atoms with Crippen LogP contribution in [0.2, 0.25) is 0 Å². The Hall–Kier alpha value is -1.49. The van der Waals surface area contributed by atoms with Crippen LogP contribution < -0.4 is 15.4 Å². The van der Waals surface area contributed by atoms with E-state index in [9.17, 15) is 13.2 Å². The monoisotopic (exact) mass is 499 g/mol. The molecule has 1 aromatic carbocycles. The normalized spacial score (nSPS) is 14.8. The Morgan fingerprint density at radius 1 is 1.22 bits per heavy atom. The van der Waals surface area contributed by atoms with Gasteiger partial charge < -0.3 is 20.1 Å². The molecule has 0 fully saturated rings. The molecule has 1 aromatic rings. The van der Waals surface area contributed by atoms with E-state index in [0.29, 0.717) is 19.1 Å². The second-order valence-electron chi connectivity index (χ2n) is 5.84. The summed E-state index contributed by atoms with van der Waals surface area (Å²) in [5.41, 5.74) is 2.30. The van der Waals surface area contributed by atoms with Gasteiger partial charge in [0.2, 0.25) is 0 Å². The van der Waals surface area contributed by atoms with Crippen molar-refractivity contribution in [1.82, 2.24) is 10.6 Å². The van der Waals surface area contributed by atoms with Crippen molar-refractivity contribution in [2.75, 3.05) is 33.4 Å². The predicted molar refractivity (Wildman–Crippen MR) is 110 cm³/mol. The molecule has 0 radical (unpaired) electrons. The molecule has 0 unspecified atom stereocenters. The zero-order chi connectivity index (χ0) is 18.8. The quantitative estimate of drug-likeness (QED) is 0.261. The topological polar surface area (TPSA) is 54.9 Å². The number of ether oxygens (including phenoxy) is 2. The Bertz CT molecular complexity index is 619. The third kappa shape index (κ3) is 9.85. The fourth-order valence-electron chi connectivity index (χ4n) is 2.41. The lowest BCUT2D eigenvalue weighted by Gasteiger charge is -2.15. The third-order valence-electron chi connectivity index (χ3n) is 3.81. The van der Waals surface area contributed by atoms with Crippen molar-refractivity contribution < 1.29 is 22.6 Å². The molecule has 0 atom stereocenters. The molecular formula is C18H25F3IN3O2. The van der Waals surface area contributed by atoms with Crippen LogP contribution in [0.15, 0.2) is 40.9 Å². The molecule has 1 aliphatic heterocycles. The first-order valence-corrected chi connectivity index (χ1v) is 8.45. The van der Waals surface area contributed by atoms with Gasteiger partial charge in [-0.2, -0.15) is 13.2 Å². The largest absolute Gasteiger partial charge is 0.484 e. The molecule has 152 valence electrons. The lowest BCUT2D eigenvalue weighted by Crippen LogP contribution is -2.37. The van der Waals surface area contributed by atoms with E-state index in [-0.39, 0.29) is 29.7 Å². The first kappa shape index (κ1) is 23.5. The average Bonchev–Trinajstić information content (AvgIpc) is 2.64. The van der Waals surface area contributed by atoms with Crippen molar-refractivity contribution in [2.24, 2.45) is 4.99 Å². The highest BCUT2D eigenvalue weighted by atomic mass is 127. The highest BCUT2D eigenvalue weighted by Crippen LogP contribution is 2.18. The van der Waals surface area contributed by atoms with E-state index < -0.39 is 12.8 Å². The van der Waals surface area contributed by atoms with Gasteiger partial charge in [0.25, 0.3) is 0 Å². The van der Waals surface area contributed by atoms with Gasteiger partial charge in [-0.3, -0.25) is 4.99 Å². The zero-order valence-corrected chi connectivity index (χ0v) is 17.5. The molecule has 0 amide bonds. The molecule has 0 saturated carbocycles. The van der Waals surface area contributed by atoms with Gasteiger partial charge in [0.15, 0.2) is 12.6 Å². The van der Waals surface area contributed by atoms with Crippen LogP contribution >= 0.6 is 24.0 Å². The van der Waals surface area contributed by atoms with Crippen molar-refractivity contribution in [3.05, 3.63) is 41.5 Å². The lowest BCUT2D eigenvalue weighted by molar-refractivity contribution is -0.153. The summed E-state index contributed by atoms with van der Waals surface area (Å²) in [5, 5.41) is 6.42. The molecule has 2 rings (SSSR count). The van der Waals surface area contributed by atoms with Gasteiger partial charge in [-0.15, -0.1) is 24.0 Å². The SMILES string of the molecule is CN=C(NCCC1=CCOCC1)NCc1ccc(OCC(F)(F)F)cc1.I. The molecule has 0 aliphatic carbocycles. The van der Waals surface area contributed by atoms with Crippen LogP contribution in [0.5, 0.6) is 5.75 Å². The first-order chi connectivity index (χ1) is 12.5. The Labute approximate surface area is 174 Å². The van der Waals surface area contributed by atoms with Crippen molar-refractivity contribution in [2.45, 2.75) is 25.6 Å². The van der Waals surface area contributed by atoms with Crippen LogP contribution in [0.25, 0.3) is 0 Å². The van der Waals surface area contributed by atoms with Gasteiger partial charge >= 0.3 is 6.18 Å². The Morgan fingerprint density at radius 3 is 2.56 bits per heavy atom. The molecule has 0 saturated heterocycles. The van der Waals surface area contributed by atoms with E-state index in [2.05, 4.69) is 26.4 Å². The minimum Gasteiger partial charge on any atom is -0.484 e. The summed E-state index contributed by atoms with van der Waals surface area (Å²) >= 11 is 0. The summed E-state index contributed by atoms with van der Waals surface area (Å²) in [6.45, 7) is 1.46. The number of rotatable bonds is 7. The van der Waals surface area contributed by atoms with E-state index >= 15 is 0 Å². The fourth-order valence-corrected chi connectivity index (χ4v) is 2.41. The summed E-state index contributed by atoms with van der Waals surface area (Å²) in [7, 11) is 1.69. The van der Waals surface area contributed by atoms with E-state index in [1.165, 1.54) is 17.7 Å². The molecule has 0 bridgehead atoms. The number of hydrogen-bond donors (Lipinski definition) is 2. The number of nitrogens with zero attached hydrogens (tertiary/aromatic N) is 1. The molecule has 1 aliphatic rings. The van der Waals surface area contributed by atoms with Crippen LogP contribution in [0.3, 0.4) is 0 Å². The summed E-state index contributed by atoms with van der Waals surface area (Å²) in [4.78, 5) is 4.16. The van der Waals surface area contributed by atoms with E-state index in [4.69, 9.17) is 4.74 Å². The third-order valence-corrected chi connectivity index (χ3v) is 3.81. The maximum atomic E-state index is 12.1. The molecule has 2 N–H and O–H groups in total. The second kappa shape index (κ2) is 12.1. The van der Waals surface area contributed by atoms with Crippen molar-refractivity contribution in [3.63, 3.8) is 0 Å². The van der Waals surface area contributed by atoms with Crippen LogP contribution in [0, 0.1) is 0 Å². The minimum absolute atomic E-state index is 0. The summed E-state index contributed by atoms with van der Waals surface area (Å²) in [6, 6.07) is 6.49. The summed E-state index contributed by atoms with van der Waals surface area (Å²) < 4.78 is 46.3. The Morgan fingerprint density at radius 2 is 1.96 bits per heavy atom. The minimum atomic E-state index is -4.33. The molecule has 1 heterocycles. The molecule has 0 spiro atoms. The van der Waals surface area contributed by atoms with Crippen LogP contribution in [0.1, 0.15) is 18.4 Å². The number of alkyl halides is 3. The highest BCUT2D eigenvalue weighted by molar-refractivity contribution is 14.0. The van der Waals surface area contributed by atoms with Gasteiger partial charge in [0.1, 0.15) is 5.75 Å². The number of halogens is 4. The molecule has 0 aromatic heterocycles. The second-order valence-corrected chi connectivity index (χ2v) is 5.84. The van der Waals surface area contributed by atoms with Gasteiger partial charge in [0, 0.05) is 20.1 Å². The van der Waals surface area contributed by atoms with Crippen molar-refractivity contribution in [1.29, 1.82) is 0 Å². The predicted octanol–water partition coefficient (Wildman–Crippen LogP) is 3.65. The van der Waals surface area contributed by atoms with Crippen LogP contribution in [-0.4, -0.2) is 45.5 Å². The molecule has 5 nitrogen and oxygen atoms in total. The van der Waals surface area contributed by atoms with Crippen LogP contribution in [-0.2, 0) is 11.3 Å². The summed E-state index contributed by atoms with van der Waals surface area (Å²) in [6.07, 6.45) is -0.311. The number of aliphatic imine (C=N–C) groups is 1. The number of hydrogen-bond acceptors (Lipinski definition) is 3. The molecule has 27 heavy (non-hydrogen) atoms. The number of nitrogens with one attached hydrogen (secondary N) is 2. The van der Waals surface area contributed by atoms with E-state index in [1.54, 1.807) is 19.2 Å². The Kier molecular flexibility index (Phi) is 10.5. The first-order valence-electron chi connectivity index (χ1n) is 8.45. The van der Waals surface area contributed by atoms with Crippen molar-refractivity contribution >= 4 is 29.9 Å². The maximum Gasteiger partial charge on any atom is 0.422 e. The highest BCUT2D eigenvalue weighted by Gasteiger charge is 2.28. The molecular weight excluding hydrogens is 474 g/mol. The fraction of sp³-hybridized carbons (Fsp3) is 0.500. The van der Waals surface area contributed by atoms with Crippen molar-refractivity contribution in [3.8, 4) is 5.75 Å². The number of guanidine groups is 1. The lowest BCUT2D eigenvalue weighted by atomic mass is 10.1. The molecule has 9 heteroatoms. The maximum absolute atomic E-state index is 12.1. The van der Waals surface area contributed by atoms with Gasteiger partial charge in [-0.25, -0.2) is 0 Å². The zero-order valence-electron chi connectivity index (χ0n) is 15.1. The van der Waals surface area contributed by atoms with Gasteiger partial charge in [-0.1, -0.05) is 23.8 Å². The number of benzene rings is 1. The standard InChI is InChI=1S/C18H24F3N3O2.HI/c1-22-17(23-9-6-14-7-10-25-11-8-14)24-12-15-2-4-16(5-3-15)26-13-18(19,20)21;/h2-5,7H,6,8-13H2,1H3,(H2,22,23,24);1H. The van der Waals surface area contributed by atoms with Gasteiger partial charge in [0.05, 0.1) is 13.2 Å². The van der Waals surface area contributed by atoms with E-state index in [1.807, 2.05) is 0 Å². The Balaban J connectivity index is 0.00000364.